The molecule has 1 aromatic heterocycles. The second-order valence-corrected chi connectivity index (χ2v) is 6.85. The lowest BCUT2D eigenvalue weighted by molar-refractivity contribution is 0.00578. The molecule has 1 fully saturated rings. The quantitative estimate of drug-likeness (QED) is 0.754. The van der Waals surface area contributed by atoms with Gasteiger partial charge in [-0.05, 0) is 45.2 Å². The molecule has 0 amide bonds. The SMILES string of the molecule is Cn1ccc2cc(B3OC(C)(C)C(C)(C)O3)c(Cl)cc21. The Bertz CT molecular complexity index is 662. The van der Waals surface area contributed by atoms with Crippen LogP contribution in [0.4, 0.5) is 0 Å². The Labute approximate surface area is 125 Å². The van der Waals surface area contributed by atoms with Crippen molar-refractivity contribution in [2.45, 2.75) is 38.9 Å². The van der Waals surface area contributed by atoms with Crippen molar-refractivity contribution in [1.82, 2.24) is 4.57 Å². The van der Waals surface area contributed by atoms with E-state index in [-0.39, 0.29) is 11.2 Å². The number of fused-ring (bicyclic) bond motifs is 1. The number of hydrogen-bond donors (Lipinski definition) is 0. The Morgan fingerprint density at radius 1 is 1.10 bits per heavy atom. The minimum atomic E-state index is -0.419. The molecule has 0 bridgehead atoms. The van der Waals surface area contributed by atoms with Gasteiger partial charge in [-0.1, -0.05) is 17.7 Å². The van der Waals surface area contributed by atoms with Crippen LogP contribution in [-0.4, -0.2) is 22.9 Å². The van der Waals surface area contributed by atoms with E-state index in [2.05, 4.69) is 16.7 Å². The zero-order valence-corrected chi connectivity index (χ0v) is 13.3. The molecule has 0 spiro atoms. The molecule has 106 valence electrons. The summed E-state index contributed by atoms with van der Waals surface area (Å²) in [6.45, 7) is 8.17. The molecule has 0 unspecified atom stereocenters. The summed E-state index contributed by atoms with van der Waals surface area (Å²) in [6, 6.07) is 6.09. The highest BCUT2D eigenvalue weighted by molar-refractivity contribution is 6.66. The minimum absolute atomic E-state index is 0.355. The van der Waals surface area contributed by atoms with Gasteiger partial charge in [-0.15, -0.1) is 0 Å². The van der Waals surface area contributed by atoms with Crippen LogP contribution in [0.15, 0.2) is 24.4 Å². The standard InChI is InChI=1S/C15H19BClNO2/c1-14(2)15(3,4)20-16(19-14)11-8-10-6-7-18(5)13(10)9-12(11)17/h6-9H,1-5H3. The lowest BCUT2D eigenvalue weighted by atomic mass is 9.78. The Morgan fingerprint density at radius 3 is 2.30 bits per heavy atom. The van der Waals surface area contributed by atoms with E-state index >= 15 is 0 Å². The van der Waals surface area contributed by atoms with Gasteiger partial charge in [0.2, 0.25) is 0 Å². The van der Waals surface area contributed by atoms with Crippen molar-refractivity contribution < 1.29 is 9.31 Å². The number of aromatic nitrogens is 1. The Balaban J connectivity index is 2.05. The van der Waals surface area contributed by atoms with Gasteiger partial charge in [0.25, 0.3) is 0 Å². The molecule has 0 aliphatic carbocycles. The fraction of sp³-hybridized carbons (Fsp3) is 0.467. The lowest BCUT2D eigenvalue weighted by Gasteiger charge is -2.32. The van der Waals surface area contributed by atoms with Crippen LogP contribution < -0.4 is 5.46 Å². The Morgan fingerprint density at radius 2 is 1.70 bits per heavy atom. The summed E-state index contributed by atoms with van der Waals surface area (Å²) >= 11 is 6.43. The summed E-state index contributed by atoms with van der Waals surface area (Å²) in [7, 11) is 1.59. The van der Waals surface area contributed by atoms with E-state index in [1.165, 1.54) is 0 Å². The predicted molar refractivity (Wildman–Crippen MR) is 83.6 cm³/mol. The number of halogens is 1. The Kier molecular flexibility index (Phi) is 2.98. The molecular formula is C15H19BClNO2. The van der Waals surface area contributed by atoms with Crippen molar-refractivity contribution in [3.8, 4) is 0 Å². The van der Waals surface area contributed by atoms with Gasteiger partial charge in [-0.25, -0.2) is 0 Å². The number of benzene rings is 1. The van der Waals surface area contributed by atoms with E-state index in [1.54, 1.807) is 0 Å². The van der Waals surface area contributed by atoms with Crippen LogP contribution >= 0.6 is 11.6 Å². The first kappa shape index (κ1) is 14.0. The lowest BCUT2D eigenvalue weighted by Crippen LogP contribution is -2.41. The molecule has 5 heteroatoms. The first-order valence-electron chi connectivity index (χ1n) is 6.81. The molecule has 2 aromatic rings. The van der Waals surface area contributed by atoms with Crippen LogP contribution in [0.2, 0.25) is 5.02 Å². The number of aryl methyl sites for hydroxylation is 1. The van der Waals surface area contributed by atoms with Crippen LogP contribution in [0.3, 0.4) is 0 Å². The van der Waals surface area contributed by atoms with Crippen LogP contribution in [-0.2, 0) is 16.4 Å². The largest absolute Gasteiger partial charge is 0.496 e. The topological polar surface area (TPSA) is 23.4 Å². The van der Waals surface area contributed by atoms with Crippen LogP contribution in [0.5, 0.6) is 0 Å². The molecule has 1 aliphatic heterocycles. The zero-order chi connectivity index (χ0) is 14.7. The summed E-state index contributed by atoms with van der Waals surface area (Å²) < 4.78 is 14.2. The summed E-state index contributed by atoms with van der Waals surface area (Å²) in [5.74, 6) is 0. The van der Waals surface area contributed by atoms with Crippen molar-refractivity contribution in [3.63, 3.8) is 0 Å². The molecule has 1 saturated heterocycles. The van der Waals surface area contributed by atoms with Gasteiger partial charge in [0.15, 0.2) is 0 Å². The second-order valence-electron chi connectivity index (χ2n) is 6.45. The summed E-state index contributed by atoms with van der Waals surface area (Å²) in [4.78, 5) is 0. The summed E-state index contributed by atoms with van der Waals surface area (Å²) in [5, 5.41) is 1.82. The first-order valence-corrected chi connectivity index (χ1v) is 7.19. The fourth-order valence-corrected chi connectivity index (χ4v) is 2.71. The van der Waals surface area contributed by atoms with Gasteiger partial charge in [0, 0.05) is 29.2 Å². The molecule has 0 atom stereocenters. The van der Waals surface area contributed by atoms with Crippen molar-refractivity contribution in [2.75, 3.05) is 0 Å². The normalized spacial score (nSPS) is 20.8. The molecule has 1 aromatic carbocycles. The number of nitrogens with zero attached hydrogens (tertiary/aromatic N) is 1. The third-order valence-electron chi connectivity index (χ3n) is 4.51. The molecule has 0 N–H and O–H groups in total. The highest BCUT2D eigenvalue weighted by Crippen LogP contribution is 2.37. The second kappa shape index (κ2) is 4.26. The monoisotopic (exact) mass is 291 g/mol. The number of rotatable bonds is 1. The predicted octanol–water partition coefficient (Wildman–Crippen LogP) is 3.13. The van der Waals surface area contributed by atoms with Gasteiger partial charge in [-0.2, -0.15) is 0 Å². The van der Waals surface area contributed by atoms with Crippen molar-refractivity contribution >= 4 is 35.1 Å². The molecule has 3 rings (SSSR count). The van der Waals surface area contributed by atoms with E-state index in [0.29, 0.717) is 5.02 Å². The van der Waals surface area contributed by atoms with E-state index in [1.807, 2.05) is 47.0 Å². The highest BCUT2D eigenvalue weighted by atomic mass is 35.5. The van der Waals surface area contributed by atoms with E-state index in [9.17, 15) is 0 Å². The van der Waals surface area contributed by atoms with Crippen molar-refractivity contribution in [2.24, 2.45) is 7.05 Å². The molecule has 0 saturated carbocycles. The third-order valence-corrected chi connectivity index (χ3v) is 4.84. The summed E-state index contributed by atoms with van der Waals surface area (Å²) in [6.07, 6.45) is 2.02. The fourth-order valence-electron chi connectivity index (χ4n) is 2.46. The molecule has 20 heavy (non-hydrogen) atoms. The minimum Gasteiger partial charge on any atom is -0.399 e. The van der Waals surface area contributed by atoms with Crippen LogP contribution in [0, 0.1) is 0 Å². The van der Waals surface area contributed by atoms with Crippen molar-refractivity contribution in [3.05, 3.63) is 29.4 Å². The summed E-state index contributed by atoms with van der Waals surface area (Å²) in [5.41, 5.74) is 1.29. The zero-order valence-electron chi connectivity index (χ0n) is 12.5. The maximum atomic E-state index is 6.43. The first-order chi connectivity index (χ1) is 9.21. The smallest absolute Gasteiger partial charge is 0.399 e. The van der Waals surface area contributed by atoms with E-state index < -0.39 is 7.12 Å². The maximum Gasteiger partial charge on any atom is 0.496 e. The molecule has 3 nitrogen and oxygen atoms in total. The highest BCUT2D eigenvalue weighted by Gasteiger charge is 2.52. The van der Waals surface area contributed by atoms with Gasteiger partial charge >= 0.3 is 7.12 Å². The molecule has 0 radical (unpaired) electrons. The third kappa shape index (κ3) is 1.98. The van der Waals surface area contributed by atoms with Gasteiger partial charge in [0.05, 0.1) is 11.2 Å². The van der Waals surface area contributed by atoms with E-state index in [0.717, 1.165) is 16.4 Å². The van der Waals surface area contributed by atoms with E-state index in [4.69, 9.17) is 20.9 Å². The number of hydrogen-bond acceptors (Lipinski definition) is 2. The average Bonchev–Trinajstić information content (AvgIpc) is 2.77. The van der Waals surface area contributed by atoms with Crippen LogP contribution in [0.25, 0.3) is 10.9 Å². The molecule has 1 aliphatic rings. The van der Waals surface area contributed by atoms with Crippen LogP contribution in [0.1, 0.15) is 27.7 Å². The molecular weight excluding hydrogens is 272 g/mol. The van der Waals surface area contributed by atoms with Gasteiger partial charge < -0.3 is 13.9 Å². The van der Waals surface area contributed by atoms with Gasteiger partial charge in [0.1, 0.15) is 0 Å². The molecule has 2 heterocycles. The van der Waals surface area contributed by atoms with Gasteiger partial charge in [-0.3, -0.25) is 0 Å². The van der Waals surface area contributed by atoms with Crippen molar-refractivity contribution in [1.29, 1.82) is 0 Å². The average molecular weight is 292 g/mol. The Hall–Kier alpha value is -0.965. The maximum absolute atomic E-state index is 6.43.